The molecule has 2 aliphatic rings. The summed E-state index contributed by atoms with van der Waals surface area (Å²) in [6.07, 6.45) is 6.46. The molecule has 2 amide bonds. The molecule has 2 aromatic carbocycles. The van der Waals surface area contributed by atoms with Crippen molar-refractivity contribution in [2.75, 3.05) is 57.8 Å². The van der Waals surface area contributed by atoms with Gasteiger partial charge in [-0.15, -0.1) is 0 Å². The third-order valence-corrected chi connectivity index (χ3v) is 9.09. The highest BCUT2D eigenvalue weighted by Crippen LogP contribution is 2.40. The SMILES string of the molecule is CCc1cccc(N2CCN(C(=O)c3cc4c(-c5ccccc5OC)cc(C5=CCCN(C(=O)CCN=C/C=N\N)C5)c(F)c4[nH]3)CC2)n1. The third-order valence-electron chi connectivity index (χ3n) is 9.09. The van der Waals surface area contributed by atoms with Gasteiger partial charge in [0.25, 0.3) is 5.91 Å². The molecule has 2 aromatic heterocycles. The van der Waals surface area contributed by atoms with E-state index in [0.29, 0.717) is 73.7 Å². The number of nitrogens with zero attached hydrogens (tertiary/aromatic N) is 6. The summed E-state index contributed by atoms with van der Waals surface area (Å²) in [6.45, 7) is 5.50. The van der Waals surface area contributed by atoms with Crippen LogP contribution in [0.15, 0.2) is 70.8 Å². The van der Waals surface area contributed by atoms with E-state index in [0.717, 1.165) is 29.1 Å². The van der Waals surface area contributed by atoms with Gasteiger partial charge in [-0.2, -0.15) is 5.10 Å². The summed E-state index contributed by atoms with van der Waals surface area (Å²) in [4.78, 5) is 44.7. The number of hydrogen-bond donors (Lipinski definition) is 2. The number of piperazine rings is 1. The van der Waals surface area contributed by atoms with E-state index in [-0.39, 0.29) is 30.3 Å². The normalized spacial score (nSPS) is 15.4. The maximum Gasteiger partial charge on any atom is 0.270 e. The number of aliphatic imine (C=N–C) groups is 1. The van der Waals surface area contributed by atoms with Crippen molar-refractivity contribution in [3.63, 3.8) is 0 Å². The van der Waals surface area contributed by atoms with Gasteiger partial charge in [0.05, 0.1) is 18.8 Å². The van der Waals surface area contributed by atoms with Crippen molar-refractivity contribution < 1.29 is 18.7 Å². The minimum absolute atomic E-state index is 0.0689. The van der Waals surface area contributed by atoms with Crippen LogP contribution in [0.1, 0.15) is 41.5 Å². The second kappa shape index (κ2) is 15.1. The molecule has 4 aromatic rings. The van der Waals surface area contributed by atoms with Crippen LogP contribution < -0.4 is 15.5 Å². The topological polar surface area (TPSA) is 133 Å². The first-order valence-corrected chi connectivity index (χ1v) is 16.6. The zero-order chi connectivity index (χ0) is 34.3. The van der Waals surface area contributed by atoms with Gasteiger partial charge < -0.3 is 30.3 Å². The molecule has 11 nitrogen and oxygen atoms in total. The number of amides is 2. The van der Waals surface area contributed by atoms with Gasteiger partial charge in [0.2, 0.25) is 5.91 Å². The molecule has 0 saturated carbocycles. The fraction of sp³-hybridized carbons (Fsp3) is 0.324. The number of hydrazone groups is 1. The number of benzene rings is 2. The zero-order valence-corrected chi connectivity index (χ0v) is 27.9. The molecule has 0 radical (unpaired) electrons. The van der Waals surface area contributed by atoms with Crippen LogP contribution in [-0.4, -0.2) is 96.9 Å². The molecule has 4 heterocycles. The molecule has 254 valence electrons. The second-order valence-electron chi connectivity index (χ2n) is 12.0. The lowest BCUT2D eigenvalue weighted by molar-refractivity contribution is -0.130. The molecule has 12 heteroatoms. The average molecular weight is 665 g/mol. The Morgan fingerprint density at radius 3 is 2.59 bits per heavy atom. The highest BCUT2D eigenvalue weighted by molar-refractivity contribution is 6.15. The van der Waals surface area contributed by atoms with Crippen LogP contribution in [0.5, 0.6) is 5.75 Å². The first-order valence-electron chi connectivity index (χ1n) is 16.6. The Morgan fingerprint density at radius 1 is 1.00 bits per heavy atom. The van der Waals surface area contributed by atoms with Crippen LogP contribution in [0.2, 0.25) is 0 Å². The van der Waals surface area contributed by atoms with Crippen LogP contribution in [0.25, 0.3) is 27.6 Å². The lowest BCUT2D eigenvalue weighted by Gasteiger charge is -2.35. The molecule has 6 rings (SSSR count). The van der Waals surface area contributed by atoms with E-state index >= 15 is 4.39 Å². The van der Waals surface area contributed by atoms with E-state index in [1.165, 1.54) is 12.4 Å². The van der Waals surface area contributed by atoms with Crippen molar-refractivity contribution in [3.05, 3.63) is 83.4 Å². The smallest absolute Gasteiger partial charge is 0.270 e. The molecular formula is C37H41FN8O3. The number of aryl methyl sites for hydroxylation is 1. The van der Waals surface area contributed by atoms with Crippen molar-refractivity contribution >= 4 is 46.5 Å². The summed E-state index contributed by atoms with van der Waals surface area (Å²) >= 11 is 0. The number of anilines is 1. The largest absolute Gasteiger partial charge is 0.496 e. The molecule has 0 atom stereocenters. The summed E-state index contributed by atoms with van der Waals surface area (Å²) in [7, 11) is 1.60. The van der Waals surface area contributed by atoms with Crippen LogP contribution in [-0.2, 0) is 11.2 Å². The number of para-hydroxylation sites is 1. The number of aromatic amines is 1. The Labute approximate surface area is 285 Å². The summed E-state index contributed by atoms with van der Waals surface area (Å²) in [6, 6.07) is 17.1. The van der Waals surface area contributed by atoms with E-state index in [2.05, 4.69) is 26.9 Å². The van der Waals surface area contributed by atoms with Crippen molar-refractivity contribution in [1.29, 1.82) is 0 Å². The van der Waals surface area contributed by atoms with Gasteiger partial charge in [0, 0.05) is 80.7 Å². The summed E-state index contributed by atoms with van der Waals surface area (Å²) in [5.41, 5.74) is 4.16. The first kappa shape index (κ1) is 33.4. The Kier molecular flexibility index (Phi) is 10.3. The number of hydrogen-bond acceptors (Lipinski definition) is 8. The number of ether oxygens (including phenoxy) is 1. The number of methoxy groups -OCH3 is 1. The van der Waals surface area contributed by atoms with Crippen molar-refractivity contribution in [2.45, 2.75) is 26.2 Å². The van der Waals surface area contributed by atoms with Gasteiger partial charge in [-0.05, 0) is 54.3 Å². The minimum atomic E-state index is -0.467. The Hall–Kier alpha value is -5.52. The van der Waals surface area contributed by atoms with Gasteiger partial charge in [-0.1, -0.05) is 37.3 Å². The van der Waals surface area contributed by atoms with Crippen molar-refractivity contribution in [2.24, 2.45) is 15.9 Å². The quantitative estimate of drug-likeness (QED) is 0.141. The van der Waals surface area contributed by atoms with Gasteiger partial charge in [0.1, 0.15) is 17.3 Å². The van der Waals surface area contributed by atoms with Crippen LogP contribution in [0.3, 0.4) is 0 Å². The fourth-order valence-electron chi connectivity index (χ4n) is 6.48. The van der Waals surface area contributed by atoms with E-state index < -0.39 is 5.82 Å². The highest BCUT2D eigenvalue weighted by atomic mass is 19.1. The van der Waals surface area contributed by atoms with Crippen LogP contribution >= 0.6 is 0 Å². The van der Waals surface area contributed by atoms with Gasteiger partial charge in [-0.3, -0.25) is 14.6 Å². The zero-order valence-electron chi connectivity index (χ0n) is 27.9. The van der Waals surface area contributed by atoms with Gasteiger partial charge >= 0.3 is 0 Å². The average Bonchev–Trinajstić information content (AvgIpc) is 3.61. The number of nitrogens with two attached hydrogens (primary N) is 1. The summed E-state index contributed by atoms with van der Waals surface area (Å²) < 4.78 is 22.3. The number of fused-ring (bicyclic) bond motifs is 1. The van der Waals surface area contributed by atoms with Crippen LogP contribution in [0, 0.1) is 5.82 Å². The number of carbonyl (C=O) groups is 2. The number of halogens is 1. The van der Waals surface area contributed by atoms with E-state index in [1.54, 1.807) is 23.0 Å². The lowest BCUT2D eigenvalue weighted by atomic mass is 9.93. The number of pyridine rings is 1. The molecular weight excluding hydrogens is 623 g/mol. The molecule has 1 saturated heterocycles. The van der Waals surface area contributed by atoms with Gasteiger partial charge in [0.15, 0.2) is 5.82 Å². The Balaban J connectivity index is 1.30. The molecule has 0 unspecified atom stereocenters. The minimum Gasteiger partial charge on any atom is -0.496 e. The Morgan fingerprint density at radius 2 is 1.82 bits per heavy atom. The molecule has 1 fully saturated rings. The van der Waals surface area contributed by atoms with Crippen molar-refractivity contribution in [1.82, 2.24) is 19.8 Å². The molecule has 2 aliphatic heterocycles. The number of rotatable bonds is 10. The van der Waals surface area contributed by atoms with E-state index in [4.69, 9.17) is 15.6 Å². The monoisotopic (exact) mass is 664 g/mol. The fourth-order valence-corrected chi connectivity index (χ4v) is 6.48. The highest BCUT2D eigenvalue weighted by Gasteiger charge is 2.28. The summed E-state index contributed by atoms with van der Waals surface area (Å²) in [5.74, 6) is 5.90. The number of H-pyrrole nitrogens is 1. The van der Waals surface area contributed by atoms with Gasteiger partial charge in [-0.25, -0.2) is 9.37 Å². The predicted octanol–water partition coefficient (Wildman–Crippen LogP) is 4.92. The molecule has 0 spiro atoms. The number of aromatic nitrogens is 2. The van der Waals surface area contributed by atoms with E-state index in [1.807, 2.05) is 54.6 Å². The summed E-state index contributed by atoms with van der Waals surface area (Å²) in [5, 5.41) is 3.94. The molecule has 49 heavy (non-hydrogen) atoms. The lowest BCUT2D eigenvalue weighted by Crippen LogP contribution is -2.49. The number of carbonyl (C=O) groups excluding carboxylic acids is 2. The maximum absolute atomic E-state index is 16.6. The van der Waals surface area contributed by atoms with Crippen LogP contribution in [0.4, 0.5) is 10.2 Å². The third kappa shape index (κ3) is 7.18. The molecule has 0 bridgehead atoms. The molecule has 0 aliphatic carbocycles. The van der Waals surface area contributed by atoms with Crippen molar-refractivity contribution in [3.8, 4) is 16.9 Å². The second-order valence-corrected chi connectivity index (χ2v) is 12.0. The number of nitrogens with one attached hydrogen (secondary N) is 1. The van der Waals surface area contributed by atoms with E-state index in [9.17, 15) is 9.59 Å². The molecule has 3 N–H and O–H groups in total. The first-order chi connectivity index (χ1) is 23.9. The predicted molar refractivity (Wildman–Crippen MR) is 192 cm³/mol. The Bertz CT molecular complexity index is 1930. The standard InChI is InChI=1S/C37H41FN8O3/c1-3-26-9-6-12-33(42-26)44-18-20-45(21-19-44)37(48)31-23-30-29(27-10-4-5-11-32(27)49-2)22-28(35(38)36(30)43-31)25-8-7-17-46(24-25)34(47)13-14-40-15-16-41-39/h4-6,8-12,15-16,22-23,43H,3,7,13-14,17-21,24,39H2,1-2H3/b40-15?,41-16-. The maximum atomic E-state index is 16.6.